The molecule has 0 radical (unpaired) electrons. The minimum absolute atomic E-state index is 0.324. The molecule has 1 atom stereocenters. The van der Waals surface area contributed by atoms with Gasteiger partial charge in [0.25, 0.3) is 0 Å². The maximum Gasteiger partial charge on any atom is 0.0208 e. The second kappa shape index (κ2) is 4.80. The Labute approximate surface area is 93.9 Å². The summed E-state index contributed by atoms with van der Waals surface area (Å²) in [5, 5.41) is 3.56. The lowest BCUT2D eigenvalue weighted by Gasteiger charge is -2.28. The van der Waals surface area contributed by atoms with E-state index < -0.39 is 0 Å². The fourth-order valence-electron chi connectivity index (χ4n) is 1.28. The van der Waals surface area contributed by atoms with E-state index in [1.54, 1.807) is 0 Å². The van der Waals surface area contributed by atoms with Gasteiger partial charge in [-0.25, -0.2) is 0 Å². The second-order valence-corrected chi connectivity index (χ2v) is 5.45. The lowest BCUT2D eigenvalue weighted by atomic mass is 9.88. The van der Waals surface area contributed by atoms with Gasteiger partial charge in [-0.3, -0.25) is 0 Å². The first-order valence-electron chi connectivity index (χ1n) is 5.68. The Morgan fingerprint density at radius 3 is 2.13 bits per heavy atom. The molecule has 1 heteroatoms. The molecular formula is C14H23N. The van der Waals surface area contributed by atoms with Crippen molar-refractivity contribution in [1.29, 1.82) is 0 Å². The molecule has 0 aliphatic heterocycles. The average Bonchev–Trinajstić information content (AvgIpc) is 2.15. The lowest BCUT2D eigenvalue weighted by Crippen LogP contribution is -2.37. The first-order valence-corrected chi connectivity index (χ1v) is 5.68. The predicted octanol–water partition coefficient (Wildman–Crippen LogP) is 3.52. The number of hydrogen-bond donors (Lipinski definition) is 1. The average molecular weight is 205 g/mol. The maximum absolute atomic E-state index is 3.56. The Bertz CT molecular complexity index is 292. The van der Waals surface area contributed by atoms with Crippen LogP contribution in [0.5, 0.6) is 0 Å². The highest BCUT2D eigenvalue weighted by Gasteiger charge is 2.18. The molecule has 1 rings (SSSR count). The van der Waals surface area contributed by atoms with Crippen LogP contribution in [0.3, 0.4) is 0 Å². The van der Waals surface area contributed by atoms with Crippen molar-refractivity contribution < 1.29 is 0 Å². The topological polar surface area (TPSA) is 12.0 Å². The van der Waals surface area contributed by atoms with Crippen molar-refractivity contribution in [3.63, 3.8) is 0 Å². The second-order valence-electron chi connectivity index (χ2n) is 5.45. The highest BCUT2D eigenvalue weighted by atomic mass is 14.9. The highest BCUT2D eigenvalue weighted by molar-refractivity contribution is 5.21. The molecule has 0 aromatic heterocycles. The van der Waals surface area contributed by atoms with Crippen LogP contribution >= 0.6 is 0 Å². The van der Waals surface area contributed by atoms with Crippen molar-refractivity contribution in [2.75, 3.05) is 0 Å². The third-order valence-electron chi connectivity index (χ3n) is 3.03. The fraction of sp³-hybridized carbons (Fsp3) is 0.571. The van der Waals surface area contributed by atoms with E-state index >= 15 is 0 Å². The third-order valence-corrected chi connectivity index (χ3v) is 3.03. The summed E-state index contributed by atoms with van der Waals surface area (Å²) in [6.45, 7) is 12.1. The molecule has 0 spiro atoms. The van der Waals surface area contributed by atoms with Gasteiger partial charge in [-0.2, -0.15) is 0 Å². The van der Waals surface area contributed by atoms with E-state index in [0.29, 0.717) is 11.5 Å². The lowest BCUT2D eigenvalue weighted by molar-refractivity contribution is 0.285. The van der Waals surface area contributed by atoms with Gasteiger partial charge in [-0.1, -0.05) is 50.6 Å². The van der Waals surface area contributed by atoms with Crippen molar-refractivity contribution in [3.8, 4) is 0 Å². The SMILES string of the molecule is Cc1ccc(CNC(C)C(C)(C)C)cc1. The minimum Gasteiger partial charge on any atom is -0.310 e. The van der Waals surface area contributed by atoms with E-state index in [9.17, 15) is 0 Å². The molecule has 0 aliphatic carbocycles. The van der Waals surface area contributed by atoms with Crippen molar-refractivity contribution in [2.24, 2.45) is 5.41 Å². The highest BCUT2D eigenvalue weighted by Crippen LogP contribution is 2.18. The number of benzene rings is 1. The summed E-state index contributed by atoms with van der Waals surface area (Å²) in [4.78, 5) is 0. The molecule has 0 fully saturated rings. The quantitative estimate of drug-likeness (QED) is 0.796. The van der Waals surface area contributed by atoms with Crippen molar-refractivity contribution in [1.82, 2.24) is 5.32 Å². The third kappa shape index (κ3) is 4.05. The minimum atomic E-state index is 0.324. The molecule has 0 bridgehead atoms. The predicted molar refractivity (Wildman–Crippen MR) is 66.9 cm³/mol. The molecule has 1 nitrogen and oxygen atoms in total. The van der Waals surface area contributed by atoms with Gasteiger partial charge in [-0.05, 0) is 24.8 Å². The van der Waals surface area contributed by atoms with E-state index in [-0.39, 0.29) is 0 Å². The van der Waals surface area contributed by atoms with E-state index in [4.69, 9.17) is 0 Å². The zero-order chi connectivity index (χ0) is 11.5. The molecule has 1 aromatic carbocycles. The molecule has 15 heavy (non-hydrogen) atoms. The monoisotopic (exact) mass is 205 g/mol. The molecule has 1 aromatic rings. The summed E-state index contributed by atoms with van der Waals surface area (Å²) in [5.74, 6) is 0. The molecule has 0 heterocycles. The van der Waals surface area contributed by atoms with Crippen molar-refractivity contribution >= 4 is 0 Å². The normalized spacial score (nSPS) is 13.9. The van der Waals surface area contributed by atoms with Crippen LogP contribution in [0.4, 0.5) is 0 Å². The molecule has 1 N–H and O–H groups in total. The molecule has 84 valence electrons. The van der Waals surface area contributed by atoms with Gasteiger partial charge in [0.15, 0.2) is 0 Å². The van der Waals surface area contributed by atoms with Gasteiger partial charge >= 0.3 is 0 Å². The number of nitrogens with one attached hydrogen (secondary N) is 1. The molecule has 0 saturated carbocycles. The van der Waals surface area contributed by atoms with Crippen LogP contribution in [0, 0.1) is 12.3 Å². The smallest absolute Gasteiger partial charge is 0.0208 e. The van der Waals surface area contributed by atoms with Gasteiger partial charge in [0.1, 0.15) is 0 Å². The van der Waals surface area contributed by atoms with Gasteiger partial charge < -0.3 is 5.32 Å². The number of aryl methyl sites for hydroxylation is 1. The van der Waals surface area contributed by atoms with E-state index in [1.807, 2.05) is 0 Å². The Morgan fingerprint density at radius 2 is 1.67 bits per heavy atom. The maximum atomic E-state index is 3.56. The van der Waals surface area contributed by atoms with Gasteiger partial charge in [0.2, 0.25) is 0 Å². The first-order chi connectivity index (χ1) is 6.89. The van der Waals surface area contributed by atoms with Gasteiger partial charge in [-0.15, -0.1) is 0 Å². The molecule has 0 aliphatic rings. The van der Waals surface area contributed by atoms with Crippen LogP contribution in [-0.2, 0) is 6.54 Å². The Hall–Kier alpha value is -0.820. The van der Waals surface area contributed by atoms with Crippen LogP contribution in [0.15, 0.2) is 24.3 Å². The number of rotatable bonds is 3. The Kier molecular flexibility index (Phi) is 3.92. The van der Waals surface area contributed by atoms with Gasteiger partial charge in [0, 0.05) is 12.6 Å². The van der Waals surface area contributed by atoms with Crippen LogP contribution in [0.2, 0.25) is 0 Å². The largest absolute Gasteiger partial charge is 0.310 e. The van der Waals surface area contributed by atoms with E-state index in [2.05, 4.69) is 64.2 Å². The summed E-state index contributed by atoms with van der Waals surface area (Å²) in [6, 6.07) is 9.24. The van der Waals surface area contributed by atoms with Crippen molar-refractivity contribution in [3.05, 3.63) is 35.4 Å². The molecule has 0 saturated heterocycles. The summed E-state index contributed by atoms with van der Waals surface area (Å²) in [7, 11) is 0. The summed E-state index contributed by atoms with van der Waals surface area (Å²) >= 11 is 0. The van der Waals surface area contributed by atoms with Crippen LogP contribution in [0.1, 0.15) is 38.8 Å². The Morgan fingerprint density at radius 1 is 1.13 bits per heavy atom. The summed E-state index contributed by atoms with van der Waals surface area (Å²) < 4.78 is 0. The van der Waals surface area contributed by atoms with E-state index in [0.717, 1.165) is 6.54 Å². The zero-order valence-electron chi connectivity index (χ0n) is 10.6. The molecule has 0 amide bonds. The molecular weight excluding hydrogens is 182 g/mol. The fourth-order valence-corrected chi connectivity index (χ4v) is 1.28. The summed E-state index contributed by atoms with van der Waals surface area (Å²) in [6.07, 6.45) is 0. The first kappa shape index (κ1) is 12.3. The standard InChI is InChI=1S/C14H23N/c1-11-6-8-13(9-7-11)10-15-12(2)14(3,4)5/h6-9,12,15H,10H2,1-5H3. The van der Waals surface area contributed by atoms with Gasteiger partial charge in [0.05, 0.1) is 0 Å². The van der Waals surface area contributed by atoms with Crippen LogP contribution in [-0.4, -0.2) is 6.04 Å². The Balaban J connectivity index is 2.47. The molecule has 1 unspecified atom stereocenters. The van der Waals surface area contributed by atoms with Crippen LogP contribution < -0.4 is 5.32 Å². The van der Waals surface area contributed by atoms with E-state index in [1.165, 1.54) is 11.1 Å². The zero-order valence-corrected chi connectivity index (χ0v) is 10.6. The van der Waals surface area contributed by atoms with Crippen molar-refractivity contribution in [2.45, 2.75) is 47.2 Å². The number of hydrogen-bond acceptors (Lipinski definition) is 1. The summed E-state index contributed by atoms with van der Waals surface area (Å²) in [5.41, 5.74) is 3.00. The van der Waals surface area contributed by atoms with Crippen LogP contribution in [0.25, 0.3) is 0 Å².